The van der Waals surface area contributed by atoms with Gasteiger partial charge in [-0.1, -0.05) is 39.8 Å². The number of rotatable bonds is 3. The molecule has 1 fully saturated rings. The molecular formula is C18H26N2. The molecule has 2 nitrogen and oxygen atoms in total. The van der Waals surface area contributed by atoms with Gasteiger partial charge in [-0.15, -0.1) is 0 Å². The van der Waals surface area contributed by atoms with E-state index >= 15 is 0 Å². The molecule has 0 radical (unpaired) electrons. The Kier molecular flexibility index (Phi) is 4.20. The Hall–Kier alpha value is -1.33. The third-order valence-corrected chi connectivity index (χ3v) is 4.23. The van der Waals surface area contributed by atoms with E-state index in [2.05, 4.69) is 39.1 Å². The molecule has 0 amide bonds. The molecule has 0 atom stereocenters. The monoisotopic (exact) mass is 270 g/mol. The zero-order valence-corrected chi connectivity index (χ0v) is 13.2. The van der Waals surface area contributed by atoms with E-state index in [-0.39, 0.29) is 0 Å². The lowest BCUT2D eigenvalue weighted by Gasteiger charge is -2.45. The molecule has 0 bridgehead atoms. The second-order valence-electron chi connectivity index (χ2n) is 7.80. The lowest BCUT2D eigenvalue weighted by molar-refractivity contribution is 0.0845. The molecule has 1 N–H and O–H groups in total. The number of nitrogens with one attached hydrogen (secondary N) is 1. The highest BCUT2D eigenvalue weighted by molar-refractivity contribution is 5.31. The Morgan fingerprint density at radius 1 is 1.10 bits per heavy atom. The van der Waals surface area contributed by atoms with Gasteiger partial charge in [-0.2, -0.15) is 5.26 Å². The Labute approximate surface area is 123 Å². The summed E-state index contributed by atoms with van der Waals surface area (Å²) >= 11 is 0. The number of nitrogens with zero attached hydrogens (tertiary/aromatic N) is 1. The van der Waals surface area contributed by atoms with Gasteiger partial charge in [0.15, 0.2) is 0 Å². The molecule has 2 rings (SSSR count). The summed E-state index contributed by atoms with van der Waals surface area (Å²) in [5.74, 6) is 0. The highest BCUT2D eigenvalue weighted by Gasteiger charge is 2.37. The molecule has 1 aliphatic carbocycles. The summed E-state index contributed by atoms with van der Waals surface area (Å²) < 4.78 is 0. The summed E-state index contributed by atoms with van der Waals surface area (Å²) in [6.07, 6.45) is 3.79. The number of hydrogen-bond donors (Lipinski definition) is 1. The molecule has 1 aromatic carbocycles. The summed E-state index contributed by atoms with van der Waals surface area (Å²) in [6, 6.07) is 10.6. The van der Waals surface area contributed by atoms with Gasteiger partial charge in [-0.25, -0.2) is 0 Å². The SMILES string of the molecule is CC1(C)CC(NCc2ccc(C#N)cc2)CC(C)(C)C1. The van der Waals surface area contributed by atoms with Crippen molar-refractivity contribution in [3.8, 4) is 6.07 Å². The van der Waals surface area contributed by atoms with Crippen LogP contribution in [0.3, 0.4) is 0 Å². The van der Waals surface area contributed by atoms with E-state index in [1.54, 1.807) is 0 Å². The minimum absolute atomic E-state index is 0.421. The van der Waals surface area contributed by atoms with Gasteiger partial charge in [0.05, 0.1) is 11.6 Å². The average molecular weight is 270 g/mol. The van der Waals surface area contributed by atoms with E-state index in [9.17, 15) is 0 Å². The molecule has 1 saturated carbocycles. The lowest BCUT2D eigenvalue weighted by atomic mass is 9.63. The predicted octanol–water partition coefficient (Wildman–Crippen LogP) is 4.25. The fourth-order valence-electron chi connectivity index (χ4n) is 3.95. The van der Waals surface area contributed by atoms with Crippen molar-refractivity contribution in [2.45, 2.75) is 59.5 Å². The van der Waals surface area contributed by atoms with Crippen LogP contribution in [0.25, 0.3) is 0 Å². The summed E-state index contributed by atoms with van der Waals surface area (Å²) in [7, 11) is 0. The van der Waals surface area contributed by atoms with Gasteiger partial charge in [0.25, 0.3) is 0 Å². The fraction of sp³-hybridized carbons (Fsp3) is 0.611. The molecule has 0 saturated heterocycles. The van der Waals surface area contributed by atoms with Crippen LogP contribution in [-0.2, 0) is 6.54 Å². The Balaban J connectivity index is 1.94. The van der Waals surface area contributed by atoms with Crippen LogP contribution in [0.1, 0.15) is 58.1 Å². The second-order valence-corrected chi connectivity index (χ2v) is 7.80. The maximum absolute atomic E-state index is 8.81. The van der Waals surface area contributed by atoms with Crippen molar-refractivity contribution in [2.75, 3.05) is 0 Å². The molecule has 2 heteroatoms. The third kappa shape index (κ3) is 4.08. The smallest absolute Gasteiger partial charge is 0.0991 e. The zero-order valence-electron chi connectivity index (χ0n) is 13.2. The molecule has 0 spiro atoms. The molecule has 20 heavy (non-hydrogen) atoms. The Morgan fingerprint density at radius 3 is 2.15 bits per heavy atom. The fourth-order valence-corrected chi connectivity index (χ4v) is 3.95. The molecule has 0 aromatic heterocycles. The van der Waals surface area contributed by atoms with Gasteiger partial charge >= 0.3 is 0 Å². The van der Waals surface area contributed by atoms with Crippen LogP contribution >= 0.6 is 0 Å². The van der Waals surface area contributed by atoms with Gasteiger partial charge < -0.3 is 5.32 Å². The van der Waals surface area contributed by atoms with Crippen LogP contribution in [0.4, 0.5) is 0 Å². The first-order chi connectivity index (χ1) is 9.30. The van der Waals surface area contributed by atoms with Crippen molar-refractivity contribution in [3.63, 3.8) is 0 Å². The lowest BCUT2D eigenvalue weighted by Crippen LogP contribution is -2.43. The van der Waals surface area contributed by atoms with Crippen LogP contribution in [0.2, 0.25) is 0 Å². The average Bonchev–Trinajstić information content (AvgIpc) is 2.33. The van der Waals surface area contributed by atoms with Gasteiger partial charge in [-0.05, 0) is 47.8 Å². The third-order valence-electron chi connectivity index (χ3n) is 4.23. The molecule has 108 valence electrons. The van der Waals surface area contributed by atoms with Gasteiger partial charge in [0.1, 0.15) is 0 Å². The van der Waals surface area contributed by atoms with Crippen molar-refractivity contribution >= 4 is 0 Å². The minimum Gasteiger partial charge on any atom is -0.310 e. The second kappa shape index (κ2) is 5.58. The first kappa shape index (κ1) is 15.1. The summed E-state index contributed by atoms with van der Waals surface area (Å²) in [5.41, 5.74) is 2.83. The molecule has 1 aliphatic rings. The first-order valence-corrected chi connectivity index (χ1v) is 7.52. The van der Waals surface area contributed by atoms with E-state index in [0.717, 1.165) is 12.1 Å². The van der Waals surface area contributed by atoms with Crippen LogP contribution in [0, 0.1) is 22.2 Å². The van der Waals surface area contributed by atoms with Crippen molar-refractivity contribution in [2.24, 2.45) is 10.8 Å². The number of nitriles is 1. The van der Waals surface area contributed by atoms with Crippen LogP contribution < -0.4 is 5.32 Å². The quantitative estimate of drug-likeness (QED) is 0.891. The van der Waals surface area contributed by atoms with Gasteiger partial charge in [0, 0.05) is 12.6 Å². The highest BCUT2D eigenvalue weighted by atomic mass is 14.9. The van der Waals surface area contributed by atoms with Crippen molar-refractivity contribution in [3.05, 3.63) is 35.4 Å². The molecule has 0 aliphatic heterocycles. The maximum atomic E-state index is 8.81. The summed E-state index contributed by atoms with van der Waals surface area (Å²) in [4.78, 5) is 0. The van der Waals surface area contributed by atoms with Gasteiger partial charge in [-0.3, -0.25) is 0 Å². The molecule has 0 unspecified atom stereocenters. The van der Waals surface area contributed by atoms with Crippen LogP contribution in [0.15, 0.2) is 24.3 Å². The van der Waals surface area contributed by atoms with Crippen LogP contribution in [-0.4, -0.2) is 6.04 Å². The van der Waals surface area contributed by atoms with Crippen molar-refractivity contribution in [1.29, 1.82) is 5.26 Å². The zero-order chi connectivity index (χ0) is 14.8. The van der Waals surface area contributed by atoms with E-state index in [1.165, 1.54) is 24.8 Å². The van der Waals surface area contributed by atoms with E-state index in [4.69, 9.17) is 5.26 Å². The Morgan fingerprint density at radius 2 is 1.65 bits per heavy atom. The maximum Gasteiger partial charge on any atom is 0.0991 e. The highest BCUT2D eigenvalue weighted by Crippen LogP contribution is 2.45. The molecule has 1 aromatic rings. The van der Waals surface area contributed by atoms with E-state index in [1.807, 2.05) is 24.3 Å². The standard InChI is InChI=1S/C18H26N2/c1-17(2)9-16(10-18(3,4)13-17)20-12-15-7-5-14(11-19)6-8-15/h5-8,16,20H,9-10,12-13H2,1-4H3. The predicted molar refractivity (Wildman–Crippen MR) is 83.2 cm³/mol. The van der Waals surface area contributed by atoms with Crippen molar-refractivity contribution < 1.29 is 0 Å². The normalized spacial score (nSPS) is 21.4. The molecule has 0 heterocycles. The van der Waals surface area contributed by atoms with Gasteiger partial charge in [0.2, 0.25) is 0 Å². The number of benzene rings is 1. The topological polar surface area (TPSA) is 35.8 Å². The van der Waals surface area contributed by atoms with E-state index < -0.39 is 0 Å². The van der Waals surface area contributed by atoms with E-state index in [0.29, 0.717) is 16.9 Å². The largest absolute Gasteiger partial charge is 0.310 e. The first-order valence-electron chi connectivity index (χ1n) is 7.52. The van der Waals surface area contributed by atoms with Crippen LogP contribution in [0.5, 0.6) is 0 Å². The minimum atomic E-state index is 0.421. The van der Waals surface area contributed by atoms with Crippen molar-refractivity contribution in [1.82, 2.24) is 5.32 Å². The Bertz CT molecular complexity index is 475. The molecular weight excluding hydrogens is 244 g/mol. The number of hydrogen-bond acceptors (Lipinski definition) is 2. The summed E-state index contributed by atoms with van der Waals surface area (Å²) in [5, 5.41) is 12.5. The summed E-state index contributed by atoms with van der Waals surface area (Å²) in [6.45, 7) is 10.4.